The first-order chi connectivity index (χ1) is 18.2. The van der Waals surface area contributed by atoms with Crippen LogP contribution in [0.25, 0.3) is 43.4 Å². The standard InChI is InChI=1S/C32H32N4O/c1-2-3-10-25-29(24-11-6-9-21-12-13-35-20-28(21)24)26-18-22-7-4-5-8-23(22)19-27(26)31(30(25)32(33)37)36-16-14-34-15-17-36/h4-9,11-13,18-20,34H,2-3,10,14-17H2,1H3,(H2,33,37). The first kappa shape index (κ1) is 23.4. The predicted octanol–water partition coefficient (Wildman–Crippen LogP) is 6.06. The lowest BCUT2D eigenvalue weighted by atomic mass is 9.83. The number of benzene rings is 4. The number of hydrogen-bond donors (Lipinski definition) is 2. The molecule has 3 N–H and O–H groups in total. The molecule has 0 unspecified atom stereocenters. The van der Waals surface area contributed by atoms with Gasteiger partial charge in [0, 0.05) is 49.3 Å². The number of primary amides is 1. The quantitative estimate of drug-likeness (QED) is 0.285. The van der Waals surface area contributed by atoms with Crippen molar-refractivity contribution in [2.75, 3.05) is 31.1 Å². The predicted molar refractivity (Wildman–Crippen MR) is 154 cm³/mol. The van der Waals surface area contributed by atoms with Gasteiger partial charge in [-0.2, -0.15) is 0 Å². The Labute approximate surface area is 217 Å². The molecule has 1 aliphatic heterocycles. The number of aromatic nitrogens is 1. The van der Waals surface area contributed by atoms with Gasteiger partial charge in [-0.1, -0.05) is 55.8 Å². The molecule has 5 aromatic rings. The van der Waals surface area contributed by atoms with E-state index in [1.165, 1.54) is 10.8 Å². The van der Waals surface area contributed by atoms with Gasteiger partial charge in [-0.05, 0) is 69.3 Å². The molecule has 5 nitrogen and oxygen atoms in total. The van der Waals surface area contributed by atoms with Crippen molar-refractivity contribution in [3.8, 4) is 11.1 Å². The van der Waals surface area contributed by atoms with Gasteiger partial charge in [-0.15, -0.1) is 0 Å². The summed E-state index contributed by atoms with van der Waals surface area (Å²) >= 11 is 0. The van der Waals surface area contributed by atoms with Crippen molar-refractivity contribution in [2.24, 2.45) is 5.73 Å². The second kappa shape index (κ2) is 9.83. The maximum atomic E-state index is 13.4. The molecule has 1 aliphatic rings. The third-order valence-electron chi connectivity index (χ3n) is 7.66. The normalized spacial score (nSPS) is 14.0. The minimum atomic E-state index is -0.352. The summed E-state index contributed by atoms with van der Waals surface area (Å²) < 4.78 is 0. The second-order valence-electron chi connectivity index (χ2n) is 9.93. The van der Waals surface area contributed by atoms with Gasteiger partial charge < -0.3 is 16.0 Å². The molecule has 1 saturated heterocycles. The number of carbonyl (C=O) groups excluding carboxylic acids is 1. The number of pyridine rings is 1. The van der Waals surface area contributed by atoms with Crippen molar-refractivity contribution in [1.29, 1.82) is 0 Å². The van der Waals surface area contributed by atoms with E-state index in [1.54, 1.807) is 0 Å². The van der Waals surface area contributed by atoms with Crippen molar-refractivity contribution in [1.82, 2.24) is 10.3 Å². The molecule has 0 saturated carbocycles. The van der Waals surface area contributed by atoms with Crippen LogP contribution in [0.1, 0.15) is 35.7 Å². The van der Waals surface area contributed by atoms with Crippen LogP contribution >= 0.6 is 0 Å². The molecule has 0 aliphatic carbocycles. The first-order valence-corrected chi connectivity index (χ1v) is 13.3. The lowest BCUT2D eigenvalue weighted by Crippen LogP contribution is -2.44. The molecule has 4 aromatic carbocycles. The summed E-state index contributed by atoms with van der Waals surface area (Å²) in [6.07, 6.45) is 6.58. The Hall–Kier alpha value is -3.96. The van der Waals surface area contributed by atoms with Crippen LogP contribution in [0.4, 0.5) is 5.69 Å². The number of piperazine rings is 1. The van der Waals surface area contributed by atoms with E-state index in [2.05, 4.69) is 76.7 Å². The average molecular weight is 489 g/mol. The number of nitrogens with one attached hydrogen (secondary N) is 1. The summed E-state index contributed by atoms with van der Waals surface area (Å²) in [5.74, 6) is -0.352. The van der Waals surface area contributed by atoms with E-state index >= 15 is 0 Å². The largest absolute Gasteiger partial charge is 0.368 e. The Morgan fingerprint density at radius 2 is 1.68 bits per heavy atom. The SMILES string of the molecule is CCCCc1c(C(N)=O)c(N2CCNCC2)c2cc3ccccc3cc2c1-c1cccc2ccncc12. The molecular formula is C32H32N4O. The van der Waals surface area contributed by atoms with Gasteiger partial charge in [-0.3, -0.25) is 9.78 Å². The summed E-state index contributed by atoms with van der Waals surface area (Å²) in [6, 6.07) is 21.5. The molecule has 0 atom stereocenters. The Balaban J connectivity index is 1.82. The van der Waals surface area contributed by atoms with Gasteiger partial charge in [0.2, 0.25) is 0 Å². The van der Waals surface area contributed by atoms with Crippen molar-refractivity contribution in [2.45, 2.75) is 26.2 Å². The Morgan fingerprint density at radius 1 is 0.946 bits per heavy atom. The minimum absolute atomic E-state index is 0.352. The zero-order valence-corrected chi connectivity index (χ0v) is 21.3. The third kappa shape index (κ3) is 4.09. The van der Waals surface area contributed by atoms with Crippen molar-refractivity contribution < 1.29 is 4.79 Å². The highest BCUT2D eigenvalue weighted by atomic mass is 16.1. The van der Waals surface area contributed by atoms with E-state index in [1.807, 2.05) is 18.5 Å². The zero-order valence-electron chi connectivity index (χ0n) is 21.3. The van der Waals surface area contributed by atoms with Gasteiger partial charge in [0.05, 0.1) is 11.3 Å². The molecule has 1 fully saturated rings. The van der Waals surface area contributed by atoms with E-state index in [-0.39, 0.29) is 5.91 Å². The molecule has 0 bridgehead atoms. The van der Waals surface area contributed by atoms with Crippen LogP contribution in [-0.2, 0) is 6.42 Å². The lowest BCUT2D eigenvalue weighted by molar-refractivity contribution is 0.1000. The number of hydrogen-bond acceptors (Lipinski definition) is 4. The van der Waals surface area contributed by atoms with Gasteiger partial charge in [-0.25, -0.2) is 0 Å². The number of amides is 1. The fourth-order valence-electron chi connectivity index (χ4n) is 5.93. The van der Waals surface area contributed by atoms with Crippen LogP contribution in [0, 0.1) is 0 Å². The number of rotatable bonds is 6. The Kier molecular flexibility index (Phi) is 6.23. The summed E-state index contributed by atoms with van der Waals surface area (Å²) in [5, 5.41) is 10.3. The monoisotopic (exact) mass is 488 g/mol. The summed E-state index contributed by atoms with van der Waals surface area (Å²) in [5.41, 5.74) is 11.2. The Morgan fingerprint density at radius 3 is 2.41 bits per heavy atom. The summed E-state index contributed by atoms with van der Waals surface area (Å²) in [7, 11) is 0. The first-order valence-electron chi connectivity index (χ1n) is 13.3. The second-order valence-corrected chi connectivity index (χ2v) is 9.93. The number of fused-ring (bicyclic) bond motifs is 3. The molecule has 0 spiro atoms. The highest BCUT2D eigenvalue weighted by Crippen LogP contribution is 2.45. The maximum absolute atomic E-state index is 13.4. The molecule has 0 radical (unpaired) electrons. The molecule has 2 heterocycles. The van der Waals surface area contributed by atoms with Gasteiger partial charge in [0.25, 0.3) is 5.91 Å². The van der Waals surface area contributed by atoms with E-state index in [4.69, 9.17) is 5.73 Å². The Bertz CT molecular complexity index is 1630. The van der Waals surface area contributed by atoms with Crippen molar-refractivity contribution >= 4 is 43.9 Å². The van der Waals surface area contributed by atoms with Crippen LogP contribution in [0.5, 0.6) is 0 Å². The number of carbonyl (C=O) groups is 1. The topological polar surface area (TPSA) is 71.2 Å². The average Bonchev–Trinajstić information content (AvgIpc) is 2.94. The van der Waals surface area contributed by atoms with Gasteiger partial charge in [0.1, 0.15) is 0 Å². The molecular weight excluding hydrogens is 456 g/mol. The fourth-order valence-corrected chi connectivity index (χ4v) is 5.93. The molecule has 186 valence electrons. The smallest absolute Gasteiger partial charge is 0.251 e. The third-order valence-corrected chi connectivity index (χ3v) is 7.66. The highest BCUT2D eigenvalue weighted by molar-refractivity contribution is 6.19. The van der Waals surface area contributed by atoms with Crippen LogP contribution in [0.15, 0.2) is 73.1 Å². The van der Waals surface area contributed by atoms with Crippen molar-refractivity contribution in [3.05, 3.63) is 84.2 Å². The van der Waals surface area contributed by atoms with E-state index in [9.17, 15) is 4.79 Å². The van der Waals surface area contributed by atoms with E-state index < -0.39 is 0 Å². The molecule has 6 rings (SSSR count). The minimum Gasteiger partial charge on any atom is -0.368 e. The number of nitrogens with two attached hydrogens (primary N) is 1. The van der Waals surface area contributed by atoms with Crippen LogP contribution in [-0.4, -0.2) is 37.1 Å². The van der Waals surface area contributed by atoms with Crippen molar-refractivity contribution in [3.63, 3.8) is 0 Å². The van der Waals surface area contributed by atoms with Crippen LogP contribution in [0.2, 0.25) is 0 Å². The van der Waals surface area contributed by atoms with E-state index in [0.29, 0.717) is 5.56 Å². The fraction of sp³-hybridized carbons (Fsp3) is 0.250. The maximum Gasteiger partial charge on any atom is 0.251 e. The van der Waals surface area contributed by atoms with E-state index in [0.717, 1.165) is 89.4 Å². The molecule has 1 amide bonds. The van der Waals surface area contributed by atoms with Gasteiger partial charge in [0.15, 0.2) is 0 Å². The lowest BCUT2D eigenvalue weighted by Gasteiger charge is -2.34. The number of anilines is 1. The van der Waals surface area contributed by atoms with Gasteiger partial charge >= 0.3 is 0 Å². The van der Waals surface area contributed by atoms with Crippen LogP contribution < -0.4 is 16.0 Å². The van der Waals surface area contributed by atoms with Crippen LogP contribution in [0.3, 0.4) is 0 Å². The molecule has 37 heavy (non-hydrogen) atoms. The molecule has 5 heteroatoms. The summed E-state index contributed by atoms with van der Waals surface area (Å²) in [4.78, 5) is 20.2. The zero-order chi connectivity index (χ0) is 25.4. The molecule has 1 aromatic heterocycles. The highest BCUT2D eigenvalue weighted by Gasteiger charge is 2.28. The summed E-state index contributed by atoms with van der Waals surface area (Å²) in [6.45, 7) is 5.64. The number of nitrogens with zero attached hydrogens (tertiary/aromatic N) is 2. The number of unbranched alkanes of at least 4 members (excludes halogenated alkanes) is 1.